The summed E-state index contributed by atoms with van der Waals surface area (Å²) in [5.41, 5.74) is 2.02. The summed E-state index contributed by atoms with van der Waals surface area (Å²) in [6, 6.07) is 11.2. The van der Waals surface area contributed by atoms with E-state index in [9.17, 15) is 4.79 Å². The Morgan fingerprint density at radius 3 is 2.86 bits per heavy atom. The highest BCUT2D eigenvalue weighted by atomic mass is 16.3. The number of amides is 1. The van der Waals surface area contributed by atoms with Gasteiger partial charge in [0.05, 0.1) is 12.0 Å². The standard InChI is InChI=1S/C16H15N3O2/c1-12-17-8-9-19(12)14-6-3-2-5-13(14)11-18-16(20)15-7-4-10-21-15/h2-10H,11H2,1H3,(H,18,20). The molecule has 0 spiro atoms. The molecular formula is C16H15N3O2. The van der Waals surface area contributed by atoms with E-state index in [1.165, 1.54) is 6.26 Å². The van der Waals surface area contributed by atoms with Gasteiger partial charge in [-0.05, 0) is 30.7 Å². The second-order valence-electron chi connectivity index (χ2n) is 4.63. The average molecular weight is 281 g/mol. The van der Waals surface area contributed by atoms with Crippen LogP contribution in [0.3, 0.4) is 0 Å². The van der Waals surface area contributed by atoms with Crippen LogP contribution >= 0.6 is 0 Å². The average Bonchev–Trinajstić information content (AvgIpc) is 3.16. The molecule has 0 saturated heterocycles. The van der Waals surface area contributed by atoms with E-state index >= 15 is 0 Å². The molecule has 0 atom stereocenters. The lowest BCUT2D eigenvalue weighted by molar-refractivity contribution is 0.0923. The fraction of sp³-hybridized carbons (Fsp3) is 0.125. The molecule has 0 aliphatic rings. The number of benzene rings is 1. The largest absolute Gasteiger partial charge is 0.459 e. The fourth-order valence-electron chi connectivity index (χ4n) is 2.20. The third kappa shape index (κ3) is 2.72. The highest BCUT2D eigenvalue weighted by Gasteiger charge is 2.10. The van der Waals surface area contributed by atoms with Gasteiger partial charge in [0.2, 0.25) is 0 Å². The summed E-state index contributed by atoms with van der Waals surface area (Å²) < 4.78 is 7.07. The number of imidazole rings is 1. The van der Waals surface area contributed by atoms with Gasteiger partial charge in [-0.1, -0.05) is 18.2 Å². The van der Waals surface area contributed by atoms with Gasteiger partial charge in [0.15, 0.2) is 5.76 Å². The van der Waals surface area contributed by atoms with Crippen LogP contribution in [0.4, 0.5) is 0 Å². The van der Waals surface area contributed by atoms with E-state index in [2.05, 4.69) is 10.3 Å². The van der Waals surface area contributed by atoms with Gasteiger partial charge >= 0.3 is 0 Å². The fourth-order valence-corrected chi connectivity index (χ4v) is 2.20. The third-order valence-electron chi connectivity index (χ3n) is 3.26. The van der Waals surface area contributed by atoms with Crippen LogP contribution in [0, 0.1) is 6.92 Å². The minimum atomic E-state index is -0.225. The van der Waals surface area contributed by atoms with Crippen molar-refractivity contribution in [3.05, 3.63) is 72.2 Å². The maximum atomic E-state index is 11.9. The molecule has 0 saturated carbocycles. The summed E-state index contributed by atoms with van der Waals surface area (Å²) in [6.07, 6.45) is 5.15. The summed E-state index contributed by atoms with van der Waals surface area (Å²) in [5, 5.41) is 2.86. The first kappa shape index (κ1) is 13.2. The van der Waals surface area contributed by atoms with Gasteiger partial charge in [0.25, 0.3) is 5.91 Å². The Bertz CT molecular complexity index is 744. The van der Waals surface area contributed by atoms with Crippen molar-refractivity contribution in [3.63, 3.8) is 0 Å². The summed E-state index contributed by atoms with van der Waals surface area (Å²) >= 11 is 0. The smallest absolute Gasteiger partial charge is 0.287 e. The zero-order chi connectivity index (χ0) is 14.7. The number of nitrogens with one attached hydrogen (secondary N) is 1. The van der Waals surface area contributed by atoms with Crippen molar-refractivity contribution in [3.8, 4) is 5.69 Å². The normalized spacial score (nSPS) is 10.5. The van der Waals surface area contributed by atoms with Gasteiger partial charge in [0, 0.05) is 18.9 Å². The summed E-state index contributed by atoms with van der Waals surface area (Å²) in [7, 11) is 0. The number of aryl methyl sites for hydroxylation is 1. The van der Waals surface area contributed by atoms with Gasteiger partial charge < -0.3 is 14.3 Å². The van der Waals surface area contributed by atoms with Gasteiger partial charge in [-0.25, -0.2) is 4.98 Å². The molecule has 0 aliphatic heterocycles. The van der Waals surface area contributed by atoms with Crippen LogP contribution in [0.5, 0.6) is 0 Å². The Balaban J connectivity index is 1.80. The number of furan rings is 1. The van der Waals surface area contributed by atoms with Crippen molar-refractivity contribution in [2.45, 2.75) is 13.5 Å². The number of para-hydroxylation sites is 1. The van der Waals surface area contributed by atoms with Crippen molar-refractivity contribution >= 4 is 5.91 Å². The van der Waals surface area contributed by atoms with Crippen LogP contribution in [-0.2, 0) is 6.54 Å². The molecule has 1 amide bonds. The third-order valence-corrected chi connectivity index (χ3v) is 3.26. The maximum absolute atomic E-state index is 11.9. The Kier molecular flexibility index (Phi) is 3.55. The number of hydrogen-bond donors (Lipinski definition) is 1. The SMILES string of the molecule is Cc1nccn1-c1ccccc1CNC(=O)c1ccco1. The van der Waals surface area contributed by atoms with Gasteiger partial charge in [-0.15, -0.1) is 0 Å². The highest BCUT2D eigenvalue weighted by molar-refractivity contribution is 5.91. The van der Waals surface area contributed by atoms with Crippen LogP contribution < -0.4 is 5.32 Å². The van der Waals surface area contributed by atoms with Crippen LogP contribution in [0.2, 0.25) is 0 Å². The maximum Gasteiger partial charge on any atom is 0.287 e. The number of hydrogen-bond acceptors (Lipinski definition) is 3. The topological polar surface area (TPSA) is 60.1 Å². The molecule has 1 aromatic carbocycles. The van der Waals surface area contributed by atoms with E-state index < -0.39 is 0 Å². The van der Waals surface area contributed by atoms with E-state index in [0.717, 1.165) is 17.1 Å². The molecule has 2 aromatic heterocycles. The predicted molar refractivity (Wildman–Crippen MR) is 78.2 cm³/mol. The van der Waals surface area contributed by atoms with E-state index in [4.69, 9.17) is 4.42 Å². The molecule has 21 heavy (non-hydrogen) atoms. The number of rotatable bonds is 4. The summed E-state index contributed by atoms with van der Waals surface area (Å²) in [6.45, 7) is 2.37. The number of carbonyl (C=O) groups is 1. The number of aromatic nitrogens is 2. The van der Waals surface area contributed by atoms with Crippen LogP contribution in [0.25, 0.3) is 5.69 Å². The van der Waals surface area contributed by atoms with Crippen LogP contribution in [0.1, 0.15) is 21.9 Å². The Labute approximate surface area is 122 Å². The summed E-state index contributed by atoms with van der Waals surface area (Å²) in [5.74, 6) is 0.989. The lowest BCUT2D eigenvalue weighted by Gasteiger charge is -2.12. The van der Waals surface area contributed by atoms with Crippen molar-refractivity contribution < 1.29 is 9.21 Å². The molecule has 5 heteroatoms. The number of nitrogens with zero attached hydrogens (tertiary/aromatic N) is 2. The molecule has 0 aliphatic carbocycles. The van der Waals surface area contributed by atoms with E-state index in [1.54, 1.807) is 18.3 Å². The van der Waals surface area contributed by atoms with Crippen molar-refractivity contribution in [1.29, 1.82) is 0 Å². The van der Waals surface area contributed by atoms with E-state index in [0.29, 0.717) is 12.3 Å². The molecule has 1 N–H and O–H groups in total. The zero-order valence-corrected chi connectivity index (χ0v) is 11.6. The lowest BCUT2D eigenvalue weighted by atomic mass is 10.1. The van der Waals surface area contributed by atoms with Gasteiger partial charge in [-0.3, -0.25) is 4.79 Å². The summed E-state index contributed by atoms with van der Waals surface area (Å²) in [4.78, 5) is 16.2. The van der Waals surface area contributed by atoms with Gasteiger partial charge in [-0.2, -0.15) is 0 Å². The quantitative estimate of drug-likeness (QED) is 0.800. The second-order valence-corrected chi connectivity index (χ2v) is 4.63. The van der Waals surface area contributed by atoms with Crippen LogP contribution in [-0.4, -0.2) is 15.5 Å². The molecule has 0 unspecified atom stereocenters. The predicted octanol–water partition coefficient (Wildman–Crippen LogP) is 2.70. The highest BCUT2D eigenvalue weighted by Crippen LogP contribution is 2.16. The van der Waals surface area contributed by atoms with Crippen molar-refractivity contribution in [1.82, 2.24) is 14.9 Å². The first-order valence-corrected chi connectivity index (χ1v) is 6.65. The molecule has 106 valence electrons. The molecule has 0 radical (unpaired) electrons. The zero-order valence-electron chi connectivity index (χ0n) is 11.6. The first-order valence-electron chi connectivity index (χ1n) is 6.65. The Morgan fingerprint density at radius 1 is 1.29 bits per heavy atom. The van der Waals surface area contributed by atoms with Crippen molar-refractivity contribution in [2.75, 3.05) is 0 Å². The minimum Gasteiger partial charge on any atom is -0.459 e. The van der Waals surface area contributed by atoms with Gasteiger partial charge in [0.1, 0.15) is 5.82 Å². The molecule has 3 rings (SSSR count). The molecule has 2 heterocycles. The second kappa shape index (κ2) is 5.66. The lowest BCUT2D eigenvalue weighted by Crippen LogP contribution is -2.23. The minimum absolute atomic E-state index is 0.225. The van der Waals surface area contributed by atoms with Crippen LogP contribution in [0.15, 0.2) is 59.5 Å². The molecule has 5 nitrogen and oxygen atoms in total. The number of carbonyl (C=O) groups excluding carboxylic acids is 1. The first-order chi connectivity index (χ1) is 10.3. The van der Waals surface area contributed by atoms with E-state index in [-0.39, 0.29) is 5.91 Å². The molecule has 3 aromatic rings. The Hall–Kier alpha value is -2.82. The Morgan fingerprint density at radius 2 is 2.14 bits per heavy atom. The monoisotopic (exact) mass is 281 g/mol. The molecule has 0 fully saturated rings. The molecular weight excluding hydrogens is 266 g/mol. The molecule has 0 bridgehead atoms. The van der Waals surface area contributed by atoms with E-state index in [1.807, 2.05) is 42.0 Å². The van der Waals surface area contributed by atoms with Crippen molar-refractivity contribution in [2.24, 2.45) is 0 Å².